The van der Waals surface area contributed by atoms with Gasteiger partial charge in [0, 0.05) is 15.4 Å². The van der Waals surface area contributed by atoms with Gasteiger partial charge in [-0.15, -0.1) is 0 Å². The molecule has 20 heavy (non-hydrogen) atoms. The van der Waals surface area contributed by atoms with E-state index in [1.54, 1.807) is 23.9 Å². The van der Waals surface area contributed by atoms with E-state index in [1.807, 2.05) is 42.5 Å². The molecule has 0 saturated carbocycles. The third-order valence-corrected chi connectivity index (χ3v) is 4.15. The summed E-state index contributed by atoms with van der Waals surface area (Å²) in [6.07, 6.45) is 0. The summed E-state index contributed by atoms with van der Waals surface area (Å²) in [5, 5.41) is 12.0. The van der Waals surface area contributed by atoms with Crippen molar-refractivity contribution >= 4 is 39.2 Å². The van der Waals surface area contributed by atoms with Crippen LogP contribution < -0.4 is 0 Å². The van der Waals surface area contributed by atoms with E-state index in [1.165, 1.54) is 0 Å². The number of carbonyl (C=O) groups excluding carboxylic acids is 1. The molecule has 2 rings (SSSR count). The van der Waals surface area contributed by atoms with E-state index in [0.717, 1.165) is 9.79 Å². The van der Waals surface area contributed by atoms with Gasteiger partial charge in [0.25, 0.3) is 0 Å². The number of nitrogens with zero attached hydrogens (tertiary/aromatic N) is 1. The lowest BCUT2D eigenvalue weighted by atomic mass is 10.1. The first-order chi connectivity index (χ1) is 9.74. The van der Waals surface area contributed by atoms with Gasteiger partial charge in [-0.2, -0.15) is 0 Å². The Kier molecular flexibility index (Phi) is 5.38. The zero-order valence-electron chi connectivity index (χ0n) is 10.5. The molecule has 0 atom stereocenters. The standard InChI is InChI=1S/C15H12BrNO2S/c16-10-14(17-19)15(18)11-6-8-13(9-7-11)20-12-4-2-1-3-5-12/h1-9,19H,10H2. The molecule has 0 saturated heterocycles. The fourth-order valence-corrected chi connectivity index (χ4v) is 2.80. The molecule has 0 bridgehead atoms. The Labute approximate surface area is 129 Å². The third kappa shape index (κ3) is 3.71. The summed E-state index contributed by atoms with van der Waals surface area (Å²) in [5.74, 6) is -0.277. The van der Waals surface area contributed by atoms with Gasteiger partial charge < -0.3 is 5.21 Å². The Morgan fingerprint density at radius 3 is 2.20 bits per heavy atom. The van der Waals surface area contributed by atoms with Crippen LogP contribution in [0.1, 0.15) is 10.4 Å². The summed E-state index contributed by atoms with van der Waals surface area (Å²) < 4.78 is 0. The second kappa shape index (κ2) is 7.26. The van der Waals surface area contributed by atoms with E-state index >= 15 is 0 Å². The number of benzene rings is 2. The Morgan fingerprint density at radius 1 is 1.05 bits per heavy atom. The van der Waals surface area contributed by atoms with Crippen molar-refractivity contribution < 1.29 is 10.0 Å². The molecule has 0 aliphatic carbocycles. The van der Waals surface area contributed by atoms with Crippen LogP contribution in [0.5, 0.6) is 0 Å². The number of oxime groups is 1. The summed E-state index contributed by atoms with van der Waals surface area (Å²) in [5.41, 5.74) is 0.600. The van der Waals surface area contributed by atoms with E-state index in [4.69, 9.17) is 5.21 Å². The van der Waals surface area contributed by atoms with Gasteiger partial charge in [0.2, 0.25) is 5.78 Å². The highest BCUT2D eigenvalue weighted by Gasteiger charge is 2.13. The van der Waals surface area contributed by atoms with Crippen molar-refractivity contribution in [3.8, 4) is 0 Å². The minimum Gasteiger partial charge on any atom is -0.411 e. The van der Waals surface area contributed by atoms with Crippen molar-refractivity contribution in [2.24, 2.45) is 5.16 Å². The van der Waals surface area contributed by atoms with Crippen LogP contribution in [0.4, 0.5) is 0 Å². The molecule has 0 spiro atoms. The molecular weight excluding hydrogens is 338 g/mol. The van der Waals surface area contributed by atoms with Gasteiger partial charge in [-0.3, -0.25) is 4.79 Å². The van der Waals surface area contributed by atoms with Gasteiger partial charge in [-0.1, -0.05) is 51.0 Å². The molecule has 0 fully saturated rings. The Balaban J connectivity index is 2.12. The van der Waals surface area contributed by atoms with Crippen molar-refractivity contribution in [1.29, 1.82) is 0 Å². The molecule has 0 heterocycles. The van der Waals surface area contributed by atoms with Crippen LogP contribution in [0.2, 0.25) is 0 Å². The van der Waals surface area contributed by atoms with Gasteiger partial charge in [0.15, 0.2) is 0 Å². The lowest BCUT2D eigenvalue weighted by Crippen LogP contribution is -2.15. The largest absolute Gasteiger partial charge is 0.411 e. The lowest BCUT2D eigenvalue weighted by molar-refractivity contribution is 0.106. The van der Waals surface area contributed by atoms with Crippen LogP contribution in [0, 0.1) is 0 Å². The molecule has 1 N–H and O–H groups in total. The molecule has 0 aliphatic heterocycles. The summed E-state index contributed by atoms with van der Waals surface area (Å²) in [7, 11) is 0. The number of alkyl halides is 1. The second-order valence-electron chi connectivity index (χ2n) is 3.95. The lowest BCUT2D eigenvalue weighted by Gasteiger charge is -2.04. The topological polar surface area (TPSA) is 49.7 Å². The zero-order chi connectivity index (χ0) is 14.4. The van der Waals surface area contributed by atoms with Gasteiger partial charge in [0.1, 0.15) is 5.71 Å². The number of rotatable bonds is 5. The van der Waals surface area contributed by atoms with Crippen LogP contribution in [-0.2, 0) is 0 Å². The van der Waals surface area contributed by atoms with Crippen LogP contribution in [-0.4, -0.2) is 22.0 Å². The number of hydrogen-bond acceptors (Lipinski definition) is 4. The Bertz CT molecular complexity index is 612. The zero-order valence-corrected chi connectivity index (χ0v) is 12.9. The maximum absolute atomic E-state index is 11.9. The van der Waals surface area contributed by atoms with Gasteiger partial charge >= 0.3 is 0 Å². The van der Waals surface area contributed by atoms with Crippen LogP contribution in [0.3, 0.4) is 0 Å². The van der Waals surface area contributed by atoms with Crippen molar-refractivity contribution in [2.75, 3.05) is 5.33 Å². The number of Topliss-reactive ketones (excluding diaryl/α,β-unsaturated/α-hetero) is 1. The highest BCUT2D eigenvalue weighted by molar-refractivity contribution is 9.09. The summed E-state index contributed by atoms with van der Waals surface area (Å²) in [6.45, 7) is 0. The SMILES string of the molecule is O=C(C(CBr)=NO)c1ccc(Sc2ccccc2)cc1. The summed E-state index contributed by atoms with van der Waals surface area (Å²) in [4.78, 5) is 14.1. The number of carbonyl (C=O) groups is 1. The van der Waals surface area contributed by atoms with E-state index in [0.29, 0.717) is 5.56 Å². The maximum Gasteiger partial charge on any atom is 0.211 e. The molecule has 0 amide bonds. The maximum atomic E-state index is 11.9. The van der Waals surface area contributed by atoms with E-state index in [2.05, 4.69) is 21.1 Å². The Hall–Kier alpha value is -1.59. The normalized spacial score (nSPS) is 11.3. The summed E-state index contributed by atoms with van der Waals surface area (Å²) >= 11 is 4.74. The van der Waals surface area contributed by atoms with Crippen LogP contribution in [0.25, 0.3) is 0 Å². The molecular formula is C15H12BrNO2S. The molecule has 0 aromatic heterocycles. The second-order valence-corrected chi connectivity index (χ2v) is 5.66. The molecule has 3 nitrogen and oxygen atoms in total. The molecule has 0 unspecified atom stereocenters. The van der Waals surface area contributed by atoms with Crippen molar-refractivity contribution in [2.45, 2.75) is 9.79 Å². The molecule has 0 aliphatic rings. The summed E-state index contributed by atoms with van der Waals surface area (Å²) in [6, 6.07) is 17.3. The van der Waals surface area contributed by atoms with Gasteiger partial charge in [-0.25, -0.2) is 0 Å². The first-order valence-corrected chi connectivity index (χ1v) is 7.83. The Morgan fingerprint density at radius 2 is 1.65 bits per heavy atom. The monoisotopic (exact) mass is 349 g/mol. The average molecular weight is 350 g/mol. The fourth-order valence-electron chi connectivity index (χ4n) is 1.60. The van der Waals surface area contributed by atoms with Crippen molar-refractivity contribution in [1.82, 2.24) is 0 Å². The third-order valence-electron chi connectivity index (χ3n) is 2.60. The van der Waals surface area contributed by atoms with Gasteiger partial charge in [0.05, 0.1) is 5.33 Å². The molecule has 2 aromatic rings. The van der Waals surface area contributed by atoms with Crippen LogP contribution >= 0.6 is 27.7 Å². The molecule has 0 radical (unpaired) electrons. The number of ketones is 1. The molecule has 5 heteroatoms. The highest BCUT2D eigenvalue weighted by atomic mass is 79.9. The van der Waals surface area contributed by atoms with E-state index < -0.39 is 0 Å². The van der Waals surface area contributed by atoms with E-state index in [9.17, 15) is 4.79 Å². The number of halogens is 1. The highest BCUT2D eigenvalue weighted by Crippen LogP contribution is 2.27. The first kappa shape index (κ1) is 14.8. The predicted molar refractivity (Wildman–Crippen MR) is 84.4 cm³/mol. The van der Waals surface area contributed by atoms with Gasteiger partial charge in [-0.05, 0) is 36.4 Å². The minimum absolute atomic E-state index is 0.0912. The molecule has 2 aromatic carbocycles. The fraction of sp³-hybridized carbons (Fsp3) is 0.0667. The van der Waals surface area contributed by atoms with E-state index in [-0.39, 0.29) is 16.8 Å². The van der Waals surface area contributed by atoms with Crippen LogP contribution in [0.15, 0.2) is 69.5 Å². The minimum atomic E-state index is -0.277. The predicted octanol–water partition coefficient (Wildman–Crippen LogP) is 4.25. The first-order valence-electron chi connectivity index (χ1n) is 5.89. The quantitative estimate of drug-likeness (QED) is 0.288. The number of hydrogen-bond donors (Lipinski definition) is 1. The van der Waals surface area contributed by atoms with Crippen molar-refractivity contribution in [3.05, 3.63) is 60.2 Å². The van der Waals surface area contributed by atoms with Crippen molar-refractivity contribution in [3.63, 3.8) is 0 Å². The average Bonchev–Trinajstić information content (AvgIpc) is 2.50. The molecule has 102 valence electrons. The smallest absolute Gasteiger partial charge is 0.211 e.